The summed E-state index contributed by atoms with van der Waals surface area (Å²) in [6, 6.07) is 10.2. The number of thiocarbonyl (C=S) groups is 1. The van der Waals surface area contributed by atoms with E-state index in [1.54, 1.807) is 0 Å². The molecule has 2 nitrogen and oxygen atoms in total. The minimum atomic E-state index is 0.523. The number of rotatable bonds is 2. The molecule has 1 heterocycles. The van der Waals surface area contributed by atoms with Crippen molar-refractivity contribution >= 4 is 28.1 Å². The van der Waals surface area contributed by atoms with E-state index in [9.17, 15) is 0 Å². The Labute approximate surface area is 94.1 Å². The maximum Gasteiger partial charge on any atom is 0.0771 e. The van der Waals surface area contributed by atoms with Crippen molar-refractivity contribution in [1.82, 2.24) is 4.98 Å². The van der Waals surface area contributed by atoms with Gasteiger partial charge in [0.2, 0.25) is 0 Å². The van der Waals surface area contributed by atoms with Crippen LogP contribution in [0.15, 0.2) is 30.3 Å². The lowest BCUT2D eigenvalue weighted by Gasteiger charge is -2.02. The summed E-state index contributed by atoms with van der Waals surface area (Å²) in [5, 5.41) is 1.13. The highest BCUT2D eigenvalue weighted by Gasteiger charge is 1.99. The summed E-state index contributed by atoms with van der Waals surface area (Å²) in [5.41, 5.74) is 8.70. The predicted molar refractivity (Wildman–Crippen MR) is 67.0 cm³/mol. The quantitative estimate of drug-likeness (QED) is 0.783. The van der Waals surface area contributed by atoms with Crippen LogP contribution in [-0.2, 0) is 6.42 Å². The minimum absolute atomic E-state index is 0.523. The van der Waals surface area contributed by atoms with Gasteiger partial charge in [-0.2, -0.15) is 0 Å². The van der Waals surface area contributed by atoms with E-state index in [1.165, 1.54) is 0 Å². The van der Waals surface area contributed by atoms with E-state index in [1.807, 2.05) is 25.1 Å². The average Bonchev–Trinajstić information content (AvgIpc) is 2.17. The Hall–Kier alpha value is -1.48. The monoisotopic (exact) mass is 216 g/mol. The Morgan fingerprint density at radius 1 is 1.33 bits per heavy atom. The maximum atomic E-state index is 5.51. The van der Waals surface area contributed by atoms with Gasteiger partial charge in [-0.1, -0.05) is 24.4 Å². The summed E-state index contributed by atoms with van der Waals surface area (Å²) in [6.07, 6.45) is 0.652. The Kier molecular flexibility index (Phi) is 2.64. The molecular formula is C12H12N2S. The zero-order valence-electron chi connectivity index (χ0n) is 8.53. The van der Waals surface area contributed by atoms with Gasteiger partial charge in [-0.15, -0.1) is 0 Å². The first-order chi connectivity index (χ1) is 7.15. The molecule has 0 aliphatic carbocycles. The highest BCUT2D eigenvalue weighted by atomic mass is 32.1. The fourth-order valence-electron chi connectivity index (χ4n) is 1.59. The van der Waals surface area contributed by atoms with Gasteiger partial charge >= 0.3 is 0 Å². The predicted octanol–water partition coefficient (Wildman–Crippen LogP) is 2.37. The zero-order chi connectivity index (χ0) is 10.8. The van der Waals surface area contributed by atoms with Crippen molar-refractivity contribution in [3.05, 3.63) is 41.6 Å². The van der Waals surface area contributed by atoms with Gasteiger partial charge in [-0.05, 0) is 30.7 Å². The third-order valence-electron chi connectivity index (χ3n) is 2.27. The molecule has 2 aromatic rings. The van der Waals surface area contributed by atoms with Gasteiger partial charge in [0.25, 0.3) is 0 Å². The smallest absolute Gasteiger partial charge is 0.0771 e. The molecular weight excluding hydrogens is 204 g/mol. The van der Waals surface area contributed by atoms with Crippen molar-refractivity contribution < 1.29 is 0 Å². The van der Waals surface area contributed by atoms with Crippen LogP contribution in [-0.4, -0.2) is 9.97 Å². The molecule has 0 aliphatic rings. The number of nitrogens with zero attached hydrogens (tertiary/aromatic N) is 1. The number of benzene rings is 1. The van der Waals surface area contributed by atoms with Crippen LogP contribution in [0.25, 0.3) is 10.9 Å². The molecule has 15 heavy (non-hydrogen) atoms. The van der Waals surface area contributed by atoms with Crippen molar-refractivity contribution in [2.45, 2.75) is 13.3 Å². The lowest BCUT2D eigenvalue weighted by Crippen LogP contribution is -2.10. The van der Waals surface area contributed by atoms with E-state index in [4.69, 9.17) is 18.0 Å². The number of fused-ring (bicyclic) bond motifs is 1. The molecule has 76 valence electrons. The molecule has 0 bridgehead atoms. The molecule has 1 aromatic heterocycles. The van der Waals surface area contributed by atoms with Gasteiger partial charge in [-0.25, -0.2) is 0 Å². The summed E-state index contributed by atoms with van der Waals surface area (Å²) >= 11 is 4.88. The topological polar surface area (TPSA) is 38.9 Å². The van der Waals surface area contributed by atoms with Gasteiger partial charge in [0.15, 0.2) is 0 Å². The van der Waals surface area contributed by atoms with Crippen molar-refractivity contribution in [2.24, 2.45) is 5.73 Å². The normalized spacial score (nSPS) is 10.5. The highest BCUT2D eigenvalue weighted by Crippen LogP contribution is 2.15. The molecule has 0 atom stereocenters. The molecule has 1 aromatic carbocycles. The average molecular weight is 216 g/mol. The fraction of sp³-hybridized carbons (Fsp3) is 0.167. The highest BCUT2D eigenvalue weighted by molar-refractivity contribution is 7.80. The van der Waals surface area contributed by atoms with Gasteiger partial charge in [0, 0.05) is 17.5 Å². The van der Waals surface area contributed by atoms with E-state index in [0.29, 0.717) is 11.4 Å². The largest absolute Gasteiger partial charge is 0.393 e. The van der Waals surface area contributed by atoms with Crippen LogP contribution in [0.2, 0.25) is 0 Å². The Morgan fingerprint density at radius 2 is 2.13 bits per heavy atom. The molecule has 0 amide bonds. The standard InChI is InChI=1S/C12H12N2S/c1-8-2-4-10-6-9(7-12(13)15)3-5-11(10)14-8/h2-6H,7H2,1H3,(H2,13,15). The summed E-state index contributed by atoms with van der Waals surface area (Å²) < 4.78 is 0. The summed E-state index contributed by atoms with van der Waals surface area (Å²) in [7, 11) is 0. The third kappa shape index (κ3) is 2.30. The number of hydrogen-bond acceptors (Lipinski definition) is 2. The first kappa shape index (κ1) is 10.1. The lowest BCUT2D eigenvalue weighted by atomic mass is 10.1. The maximum absolute atomic E-state index is 5.51. The van der Waals surface area contributed by atoms with Crippen LogP contribution in [0.1, 0.15) is 11.3 Å². The Bertz CT molecular complexity index is 520. The Morgan fingerprint density at radius 3 is 2.87 bits per heavy atom. The Balaban J connectivity index is 2.47. The molecule has 2 N–H and O–H groups in total. The van der Waals surface area contributed by atoms with Gasteiger partial charge in [0.05, 0.1) is 10.5 Å². The molecule has 0 unspecified atom stereocenters. The van der Waals surface area contributed by atoms with Gasteiger partial charge < -0.3 is 5.73 Å². The first-order valence-electron chi connectivity index (χ1n) is 4.80. The van der Waals surface area contributed by atoms with Crippen LogP contribution in [0.5, 0.6) is 0 Å². The first-order valence-corrected chi connectivity index (χ1v) is 5.20. The van der Waals surface area contributed by atoms with E-state index in [0.717, 1.165) is 22.2 Å². The van der Waals surface area contributed by atoms with Crippen molar-refractivity contribution in [3.8, 4) is 0 Å². The van der Waals surface area contributed by atoms with E-state index in [-0.39, 0.29) is 0 Å². The molecule has 0 radical (unpaired) electrons. The van der Waals surface area contributed by atoms with Crippen molar-refractivity contribution in [1.29, 1.82) is 0 Å². The molecule has 0 aliphatic heterocycles. The van der Waals surface area contributed by atoms with Gasteiger partial charge in [0.1, 0.15) is 0 Å². The van der Waals surface area contributed by atoms with E-state index in [2.05, 4.69) is 17.1 Å². The minimum Gasteiger partial charge on any atom is -0.393 e. The second-order valence-corrected chi connectivity index (χ2v) is 4.15. The van der Waals surface area contributed by atoms with E-state index < -0.39 is 0 Å². The number of pyridine rings is 1. The van der Waals surface area contributed by atoms with Gasteiger partial charge in [-0.3, -0.25) is 4.98 Å². The fourth-order valence-corrected chi connectivity index (χ4v) is 1.75. The number of aromatic nitrogens is 1. The molecule has 0 fully saturated rings. The van der Waals surface area contributed by atoms with Crippen molar-refractivity contribution in [3.63, 3.8) is 0 Å². The summed E-state index contributed by atoms with van der Waals surface area (Å²) in [4.78, 5) is 4.95. The summed E-state index contributed by atoms with van der Waals surface area (Å²) in [6.45, 7) is 1.99. The molecule has 2 rings (SSSR count). The molecule has 0 spiro atoms. The van der Waals surface area contributed by atoms with Crippen molar-refractivity contribution in [2.75, 3.05) is 0 Å². The van der Waals surface area contributed by atoms with Crippen LogP contribution in [0, 0.1) is 6.92 Å². The second-order valence-electron chi connectivity index (χ2n) is 3.62. The molecule has 0 saturated heterocycles. The second kappa shape index (κ2) is 3.95. The molecule has 3 heteroatoms. The SMILES string of the molecule is Cc1ccc2cc(CC(N)=S)ccc2n1. The number of hydrogen-bond donors (Lipinski definition) is 1. The van der Waals surface area contributed by atoms with Crippen LogP contribution < -0.4 is 5.73 Å². The van der Waals surface area contributed by atoms with Crippen LogP contribution in [0.4, 0.5) is 0 Å². The van der Waals surface area contributed by atoms with E-state index >= 15 is 0 Å². The van der Waals surface area contributed by atoms with Crippen LogP contribution in [0.3, 0.4) is 0 Å². The number of aryl methyl sites for hydroxylation is 1. The third-order valence-corrected chi connectivity index (χ3v) is 2.42. The van der Waals surface area contributed by atoms with Crippen LogP contribution >= 0.6 is 12.2 Å². The summed E-state index contributed by atoms with van der Waals surface area (Å²) in [5.74, 6) is 0. The number of nitrogens with two attached hydrogens (primary N) is 1. The lowest BCUT2D eigenvalue weighted by molar-refractivity contribution is 1.25. The molecule has 0 saturated carbocycles. The zero-order valence-corrected chi connectivity index (χ0v) is 9.34.